The van der Waals surface area contributed by atoms with Crippen molar-refractivity contribution in [1.82, 2.24) is 9.71 Å². The van der Waals surface area contributed by atoms with Crippen molar-refractivity contribution in [2.75, 3.05) is 24.7 Å². The third kappa shape index (κ3) is 5.17. The number of nitriles is 1. The molecule has 2 N–H and O–H groups in total. The summed E-state index contributed by atoms with van der Waals surface area (Å²) >= 11 is 0. The highest BCUT2D eigenvalue weighted by Crippen LogP contribution is 2.17. The first-order valence-corrected chi connectivity index (χ1v) is 7.46. The van der Waals surface area contributed by atoms with E-state index in [-0.39, 0.29) is 17.9 Å². The average Bonchev–Trinajstić information content (AvgIpc) is 2.36. The number of nitro groups is 1. The van der Waals surface area contributed by atoms with Crippen LogP contribution in [-0.2, 0) is 10.0 Å². The molecule has 108 valence electrons. The Balaban J connectivity index is 2.54. The fourth-order valence-corrected chi connectivity index (χ4v) is 1.86. The molecule has 10 heteroatoms. The fourth-order valence-electron chi connectivity index (χ4n) is 1.34. The van der Waals surface area contributed by atoms with Gasteiger partial charge in [-0.25, -0.2) is 18.1 Å². The Labute approximate surface area is 115 Å². The van der Waals surface area contributed by atoms with E-state index in [4.69, 9.17) is 5.26 Å². The van der Waals surface area contributed by atoms with Gasteiger partial charge in [0.25, 0.3) is 0 Å². The van der Waals surface area contributed by atoms with Gasteiger partial charge in [-0.1, -0.05) is 0 Å². The molecule has 1 heterocycles. The zero-order chi connectivity index (χ0) is 15.2. The maximum atomic E-state index is 10.8. The Morgan fingerprint density at radius 1 is 1.45 bits per heavy atom. The fraction of sp³-hybridized carbons (Fsp3) is 0.400. The van der Waals surface area contributed by atoms with Crippen molar-refractivity contribution in [1.29, 1.82) is 5.26 Å². The first-order chi connectivity index (χ1) is 9.33. The molecule has 0 aliphatic rings. The van der Waals surface area contributed by atoms with Crippen molar-refractivity contribution in [3.05, 3.63) is 27.9 Å². The molecule has 0 atom stereocenters. The van der Waals surface area contributed by atoms with Crippen molar-refractivity contribution in [3.63, 3.8) is 0 Å². The summed E-state index contributed by atoms with van der Waals surface area (Å²) in [6, 6.07) is 4.24. The van der Waals surface area contributed by atoms with Crippen LogP contribution in [0.15, 0.2) is 12.1 Å². The van der Waals surface area contributed by atoms with Gasteiger partial charge >= 0.3 is 5.69 Å². The van der Waals surface area contributed by atoms with Crippen LogP contribution in [0.3, 0.4) is 0 Å². The van der Waals surface area contributed by atoms with Crippen molar-refractivity contribution < 1.29 is 13.3 Å². The lowest BCUT2D eigenvalue weighted by atomic mass is 10.3. The lowest BCUT2D eigenvalue weighted by Crippen LogP contribution is -2.24. The Morgan fingerprint density at radius 2 is 2.15 bits per heavy atom. The summed E-state index contributed by atoms with van der Waals surface area (Å²) in [5.41, 5.74) is -0.619. The molecule has 0 bridgehead atoms. The van der Waals surface area contributed by atoms with Gasteiger partial charge in [-0.05, 0) is 12.5 Å². The number of pyridine rings is 1. The Hall–Kier alpha value is -2.25. The number of hydrogen-bond acceptors (Lipinski definition) is 7. The molecule has 1 aromatic rings. The monoisotopic (exact) mass is 299 g/mol. The van der Waals surface area contributed by atoms with Crippen molar-refractivity contribution in [2.24, 2.45) is 0 Å². The first kappa shape index (κ1) is 15.8. The van der Waals surface area contributed by atoms with Crippen LogP contribution in [0.5, 0.6) is 0 Å². The normalized spacial score (nSPS) is 10.8. The lowest BCUT2D eigenvalue weighted by molar-refractivity contribution is -0.385. The molecule has 0 aromatic carbocycles. The smallest absolute Gasteiger partial charge is 0.305 e. The molecule has 0 aliphatic heterocycles. The zero-order valence-corrected chi connectivity index (χ0v) is 11.5. The second-order valence-electron chi connectivity index (χ2n) is 3.88. The largest absolute Gasteiger partial charge is 0.370 e. The molecule has 0 saturated carbocycles. The average molecular weight is 299 g/mol. The maximum absolute atomic E-state index is 10.8. The summed E-state index contributed by atoms with van der Waals surface area (Å²) in [6.07, 6.45) is 1.57. The minimum atomic E-state index is -3.21. The minimum Gasteiger partial charge on any atom is -0.370 e. The summed E-state index contributed by atoms with van der Waals surface area (Å²) < 4.78 is 23.9. The Kier molecular flexibility index (Phi) is 5.36. The van der Waals surface area contributed by atoms with Crippen LogP contribution in [0.1, 0.15) is 12.1 Å². The van der Waals surface area contributed by atoms with Gasteiger partial charge in [-0.2, -0.15) is 5.26 Å². The number of rotatable bonds is 7. The van der Waals surface area contributed by atoms with Crippen molar-refractivity contribution >= 4 is 21.5 Å². The van der Waals surface area contributed by atoms with Crippen LogP contribution in [0.2, 0.25) is 0 Å². The zero-order valence-electron chi connectivity index (χ0n) is 10.7. The molecule has 20 heavy (non-hydrogen) atoms. The van der Waals surface area contributed by atoms with Gasteiger partial charge in [0, 0.05) is 19.2 Å². The van der Waals surface area contributed by atoms with E-state index < -0.39 is 14.9 Å². The molecule has 0 unspecified atom stereocenters. The van der Waals surface area contributed by atoms with Crippen LogP contribution in [-0.4, -0.2) is 37.7 Å². The third-order valence-electron chi connectivity index (χ3n) is 2.20. The molecule has 1 rings (SSSR count). The van der Waals surface area contributed by atoms with Crippen LogP contribution in [0, 0.1) is 21.4 Å². The number of hydrogen-bond donors (Lipinski definition) is 2. The number of aromatic nitrogens is 1. The van der Waals surface area contributed by atoms with Crippen LogP contribution in [0.4, 0.5) is 11.5 Å². The molecule has 1 aromatic heterocycles. The van der Waals surface area contributed by atoms with Crippen LogP contribution >= 0.6 is 0 Å². The van der Waals surface area contributed by atoms with Crippen LogP contribution in [0.25, 0.3) is 0 Å². The first-order valence-electron chi connectivity index (χ1n) is 5.57. The minimum absolute atomic E-state index is 0.268. The van der Waals surface area contributed by atoms with Gasteiger partial charge in [0.15, 0.2) is 0 Å². The summed E-state index contributed by atoms with van der Waals surface area (Å²) in [4.78, 5) is 13.7. The molecule has 0 radical (unpaired) electrons. The maximum Gasteiger partial charge on any atom is 0.305 e. The quantitative estimate of drug-likeness (QED) is 0.417. The highest BCUT2D eigenvalue weighted by Gasteiger charge is 2.15. The summed E-state index contributed by atoms with van der Waals surface area (Å²) in [5, 5.41) is 22.2. The summed E-state index contributed by atoms with van der Waals surface area (Å²) in [6.45, 7) is 0.683. The molecule has 0 aliphatic carbocycles. The number of anilines is 1. The highest BCUT2D eigenvalue weighted by molar-refractivity contribution is 7.88. The summed E-state index contributed by atoms with van der Waals surface area (Å²) in [7, 11) is -3.21. The molecule has 0 amide bonds. The van der Waals surface area contributed by atoms with Crippen LogP contribution < -0.4 is 10.0 Å². The number of sulfonamides is 1. The van der Waals surface area contributed by atoms with E-state index in [9.17, 15) is 18.5 Å². The van der Waals surface area contributed by atoms with Gasteiger partial charge in [0.1, 0.15) is 11.9 Å². The van der Waals surface area contributed by atoms with Crippen molar-refractivity contribution in [3.8, 4) is 6.07 Å². The van der Waals surface area contributed by atoms with E-state index in [1.165, 1.54) is 12.1 Å². The molecule has 9 nitrogen and oxygen atoms in total. The second kappa shape index (κ2) is 6.78. The number of nitrogens with zero attached hydrogens (tertiary/aromatic N) is 3. The van der Waals surface area contributed by atoms with Gasteiger partial charge in [0.05, 0.1) is 11.2 Å². The molecule has 0 spiro atoms. The SMILES string of the molecule is CS(=O)(=O)NCCCNc1ccc([N+](=O)[O-])c(C#N)n1. The molecule has 0 fully saturated rings. The van der Waals surface area contributed by atoms with E-state index in [1.54, 1.807) is 6.07 Å². The second-order valence-corrected chi connectivity index (χ2v) is 5.71. The van der Waals surface area contributed by atoms with Crippen molar-refractivity contribution in [2.45, 2.75) is 6.42 Å². The predicted molar refractivity (Wildman–Crippen MR) is 71.6 cm³/mol. The topological polar surface area (TPSA) is 138 Å². The van der Waals surface area contributed by atoms with E-state index >= 15 is 0 Å². The van der Waals surface area contributed by atoms with Gasteiger partial charge < -0.3 is 5.32 Å². The Morgan fingerprint density at radius 3 is 2.70 bits per heavy atom. The third-order valence-corrected chi connectivity index (χ3v) is 2.93. The molecular formula is C10H13N5O4S. The highest BCUT2D eigenvalue weighted by atomic mass is 32.2. The lowest BCUT2D eigenvalue weighted by Gasteiger charge is -2.06. The molecular weight excluding hydrogens is 286 g/mol. The standard InChI is InChI=1S/C10H13N5O4S/c1-20(18,19)13-6-2-5-12-10-4-3-9(15(16)17)8(7-11)14-10/h3-4,13H,2,5-6H2,1H3,(H,12,14). The number of nitrogens with one attached hydrogen (secondary N) is 2. The molecule has 0 saturated heterocycles. The summed E-state index contributed by atoms with van der Waals surface area (Å²) in [5.74, 6) is 0.325. The van der Waals surface area contributed by atoms with Gasteiger partial charge in [-0.15, -0.1) is 0 Å². The van der Waals surface area contributed by atoms with E-state index in [0.717, 1.165) is 6.26 Å². The van der Waals surface area contributed by atoms with Gasteiger partial charge in [-0.3, -0.25) is 10.1 Å². The van der Waals surface area contributed by atoms with E-state index in [0.29, 0.717) is 18.8 Å². The Bertz CT molecular complexity index is 638. The van der Waals surface area contributed by atoms with E-state index in [1.807, 2.05) is 0 Å². The van der Waals surface area contributed by atoms with E-state index in [2.05, 4.69) is 15.0 Å². The predicted octanol–water partition coefficient (Wildman–Crippen LogP) is 0.213. The van der Waals surface area contributed by atoms with Gasteiger partial charge in [0.2, 0.25) is 15.7 Å².